The summed E-state index contributed by atoms with van der Waals surface area (Å²) in [4.78, 5) is 13.6. The van der Waals surface area contributed by atoms with Crippen LogP contribution in [0.1, 0.15) is 59.3 Å². The molecular formula is C35H42O13S. The number of aliphatic hydroxyl groups excluding tert-OH is 4. The summed E-state index contributed by atoms with van der Waals surface area (Å²) in [6.45, 7) is 6.45. The lowest BCUT2D eigenvalue weighted by Gasteiger charge is -2.44. The van der Waals surface area contributed by atoms with Crippen LogP contribution in [-0.4, -0.2) is 91.3 Å². The summed E-state index contributed by atoms with van der Waals surface area (Å²) in [6, 6.07) is 11.3. The molecule has 7 unspecified atom stereocenters. The van der Waals surface area contributed by atoms with Crippen molar-refractivity contribution in [2.75, 3.05) is 34.2 Å². The Morgan fingerprint density at radius 2 is 1.53 bits per heavy atom. The van der Waals surface area contributed by atoms with Crippen LogP contribution in [-0.2, 0) is 23.7 Å². The van der Waals surface area contributed by atoms with E-state index in [0.29, 0.717) is 23.0 Å². The first-order valence-electron chi connectivity index (χ1n) is 16.2. The molecule has 2 aromatic carbocycles. The van der Waals surface area contributed by atoms with Crippen LogP contribution in [0.5, 0.6) is 23.0 Å². The molecule has 3 saturated heterocycles. The third-order valence-electron chi connectivity index (χ3n) is 9.41. The molecule has 0 radical (unpaired) electrons. The number of hydrogen-bond acceptors (Lipinski definition) is 14. The second-order valence-corrected chi connectivity index (χ2v) is 12.9. The number of rotatable bonds is 4. The maximum absolute atomic E-state index is 12.7. The molecule has 10 atom stereocenters. The average molecular weight is 703 g/mol. The van der Waals surface area contributed by atoms with Gasteiger partial charge in [0.2, 0.25) is 6.79 Å². The van der Waals surface area contributed by atoms with E-state index in [1.807, 2.05) is 62.5 Å². The van der Waals surface area contributed by atoms with E-state index in [-0.39, 0.29) is 37.8 Å². The first-order valence-corrected chi connectivity index (χ1v) is 17.1. The van der Waals surface area contributed by atoms with Gasteiger partial charge in [-0.05, 0) is 59.3 Å². The van der Waals surface area contributed by atoms with Crippen molar-refractivity contribution in [3.8, 4) is 23.0 Å². The summed E-state index contributed by atoms with van der Waals surface area (Å²) in [5.74, 6) is 1.09. The van der Waals surface area contributed by atoms with Gasteiger partial charge >= 0.3 is 5.97 Å². The molecule has 4 N–H and O–H groups in total. The van der Waals surface area contributed by atoms with Crippen molar-refractivity contribution in [1.29, 1.82) is 0 Å². The van der Waals surface area contributed by atoms with Crippen LogP contribution in [0.25, 0.3) is 0 Å². The predicted octanol–water partition coefficient (Wildman–Crippen LogP) is 3.34. The fourth-order valence-electron chi connectivity index (χ4n) is 6.98. The van der Waals surface area contributed by atoms with Crippen LogP contribution in [0.2, 0.25) is 0 Å². The van der Waals surface area contributed by atoms with Crippen molar-refractivity contribution >= 4 is 17.3 Å². The zero-order chi connectivity index (χ0) is 35.0. The van der Waals surface area contributed by atoms with Crippen LogP contribution in [0, 0.1) is 18.8 Å². The number of cyclic esters (lactones) is 1. The normalized spacial score (nSPS) is 32.2. The monoisotopic (exact) mass is 702 g/mol. The maximum atomic E-state index is 12.7. The van der Waals surface area contributed by atoms with Crippen LogP contribution >= 0.6 is 11.3 Å². The molecule has 0 bridgehead atoms. The Hall–Kier alpha value is -3.47. The Morgan fingerprint density at radius 1 is 0.857 bits per heavy atom. The van der Waals surface area contributed by atoms with Gasteiger partial charge in [-0.3, -0.25) is 4.79 Å². The number of carbonyl (C=O) groups excluding carboxylic acids is 1. The molecule has 0 saturated carbocycles. The molecule has 14 heteroatoms. The van der Waals surface area contributed by atoms with Gasteiger partial charge in [0.15, 0.2) is 24.1 Å². The first kappa shape index (κ1) is 35.4. The second kappa shape index (κ2) is 14.8. The highest BCUT2D eigenvalue weighted by Crippen LogP contribution is 2.55. The summed E-state index contributed by atoms with van der Waals surface area (Å²) >= 11 is 1.49. The summed E-state index contributed by atoms with van der Waals surface area (Å²) < 4.78 is 43.8. The Morgan fingerprint density at radius 3 is 2.16 bits per heavy atom. The number of aliphatic hydroxyl groups is 4. The number of carbonyl (C=O) groups is 1. The van der Waals surface area contributed by atoms with Gasteiger partial charge in [-0.2, -0.15) is 0 Å². The lowest BCUT2D eigenvalue weighted by molar-refractivity contribution is -0.354. The van der Waals surface area contributed by atoms with E-state index < -0.39 is 49.0 Å². The smallest absolute Gasteiger partial charge is 0.310 e. The number of methoxy groups -OCH3 is 2. The summed E-state index contributed by atoms with van der Waals surface area (Å²) in [7, 11) is 3.21. The molecule has 3 fully saturated rings. The third kappa shape index (κ3) is 6.48. The van der Waals surface area contributed by atoms with Gasteiger partial charge in [0, 0.05) is 17.4 Å². The number of thiophene rings is 1. The van der Waals surface area contributed by atoms with E-state index in [0.717, 1.165) is 27.1 Å². The topological polar surface area (TPSA) is 172 Å². The zero-order valence-corrected chi connectivity index (χ0v) is 28.6. The highest BCUT2D eigenvalue weighted by atomic mass is 32.1. The van der Waals surface area contributed by atoms with E-state index in [1.165, 1.54) is 11.3 Å². The van der Waals surface area contributed by atoms with Crippen molar-refractivity contribution in [3.05, 3.63) is 68.9 Å². The number of hydrogen-bond donors (Lipinski definition) is 4. The Labute approximate surface area is 287 Å². The SMILES string of the molecule is CC.COc1cc(C2c3cc4c(cc3[C@@H](O)[C@H]3COC(=O)[C@H]23)OCO4)cc(OC)c1C.OC1OC2COC(c3cccs3)OC2C(O)C1O. The largest absolute Gasteiger partial charge is 0.496 e. The van der Waals surface area contributed by atoms with Crippen molar-refractivity contribution < 1.29 is 63.1 Å². The standard InChI is InChI=1S/C22H22O7.C11H14O6S.C2H6/c1-10-15(25-2)4-11(5-16(10)26-3)19-12-6-17-18(29-9-28-17)7-13(12)21(23)14-8-27-22(24)20(14)19;12-7-8(13)10(14)16-5-4-15-11(17-9(5)7)6-2-1-3-18-6;1-2/h4-7,14,19-21,23H,8-9H2,1-3H3;1-3,5,7-14H,4H2;1-2H3/t14-,19?,20-,21+;;/m0../s1. The molecule has 49 heavy (non-hydrogen) atoms. The quantitative estimate of drug-likeness (QED) is 0.292. The van der Waals surface area contributed by atoms with E-state index in [1.54, 1.807) is 14.2 Å². The Kier molecular flexibility index (Phi) is 10.7. The molecule has 5 aliphatic rings. The second-order valence-electron chi connectivity index (χ2n) is 12.0. The average Bonchev–Trinajstić information content (AvgIpc) is 3.91. The fourth-order valence-corrected chi connectivity index (χ4v) is 7.69. The minimum atomic E-state index is -1.41. The fraction of sp³-hybridized carbons (Fsp3) is 0.514. The highest BCUT2D eigenvalue weighted by molar-refractivity contribution is 7.10. The van der Waals surface area contributed by atoms with E-state index in [9.17, 15) is 25.2 Å². The van der Waals surface area contributed by atoms with Gasteiger partial charge in [-0.1, -0.05) is 19.9 Å². The van der Waals surface area contributed by atoms with Crippen molar-refractivity contribution in [1.82, 2.24) is 0 Å². The van der Waals surface area contributed by atoms with Crippen LogP contribution in [0.3, 0.4) is 0 Å². The Balaban J connectivity index is 0.000000179. The molecular weight excluding hydrogens is 660 g/mol. The van der Waals surface area contributed by atoms with Gasteiger partial charge in [0.1, 0.15) is 35.9 Å². The summed E-state index contributed by atoms with van der Waals surface area (Å²) in [5, 5.41) is 41.8. The van der Waals surface area contributed by atoms with Crippen molar-refractivity contribution in [3.63, 3.8) is 0 Å². The molecule has 8 rings (SSSR count). The lowest BCUT2D eigenvalue weighted by Crippen LogP contribution is -2.61. The number of ether oxygens (including phenoxy) is 8. The van der Waals surface area contributed by atoms with Crippen LogP contribution in [0.15, 0.2) is 41.8 Å². The maximum Gasteiger partial charge on any atom is 0.310 e. The number of esters is 1. The highest BCUT2D eigenvalue weighted by Gasteiger charge is 2.52. The van der Waals surface area contributed by atoms with Gasteiger partial charge in [0.25, 0.3) is 0 Å². The summed E-state index contributed by atoms with van der Waals surface area (Å²) in [6.07, 6.45) is -6.63. The van der Waals surface area contributed by atoms with Gasteiger partial charge in [-0.15, -0.1) is 11.3 Å². The molecule has 1 aliphatic carbocycles. The first-order chi connectivity index (χ1) is 23.7. The number of benzene rings is 2. The number of fused-ring (bicyclic) bond motifs is 4. The molecule has 3 aromatic rings. The molecule has 13 nitrogen and oxygen atoms in total. The van der Waals surface area contributed by atoms with Crippen LogP contribution in [0.4, 0.5) is 0 Å². The van der Waals surface area contributed by atoms with E-state index >= 15 is 0 Å². The molecule has 0 spiro atoms. The Bertz CT molecular complexity index is 1590. The lowest BCUT2D eigenvalue weighted by atomic mass is 9.66. The molecule has 5 heterocycles. The predicted molar refractivity (Wildman–Crippen MR) is 174 cm³/mol. The molecule has 1 aromatic heterocycles. The van der Waals surface area contributed by atoms with Gasteiger partial charge in [0.05, 0.1) is 44.3 Å². The third-order valence-corrected chi connectivity index (χ3v) is 10.3. The zero-order valence-electron chi connectivity index (χ0n) is 27.8. The van der Waals surface area contributed by atoms with Crippen LogP contribution < -0.4 is 18.9 Å². The van der Waals surface area contributed by atoms with Gasteiger partial charge in [-0.25, -0.2) is 0 Å². The minimum absolute atomic E-state index is 0.139. The van der Waals surface area contributed by atoms with Gasteiger partial charge < -0.3 is 58.3 Å². The molecule has 0 amide bonds. The van der Waals surface area contributed by atoms with E-state index in [2.05, 4.69) is 0 Å². The summed E-state index contributed by atoms with van der Waals surface area (Å²) in [5.41, 5.74) is 3.31. The van der Waals surface area contributed by atoms with Crippen molar-refractivity contribution in [2.24, 2.45) is 11.8 Å². The minimum Gasteiger partial charge on any atom is -0.496 e. The molecule has 4 aliphatic heterocycles. The molecule has 266 valence electrons. The van der Waals surface area contributed by atoms with E-state index in [4.69, 9.17) is 37.9 Å². The van der Waals surface area contributed by atoms with Crippen molar-refractivity contribution in [2.45, 2.75) is 69.8 Å².